The molecule has 0 fully saturated rings. The number of allylic oxidation sites excluding steroid dienone is 1. The zero-order valence-electron chi connectivity index (χ0n) is 16.9. The number of carbonyl (C=O) groups is 1. The van der Waals surface area contributed by atoms with Gasteiger partial charge in [0.15, 0.2) is 11.0 Å². The van der Waals surface area contributed by atoms with Crippen molar-refractivity contribution in [3.63, 3.8) is 0 Å². The van der Waals surface area contributed by atoms with E-state index in [9.17, 15) is 4.79 Å². The van der Waals surface area contributed by atoms with E-state index in [1.54, 1.807) is 11.8 Å². The maximum absolute atomic E-state index is 13.3. The second-order valence-corrected chi connectivity index (χ2v) is 9.55. The molecular weight excluding hydrogens is 380 g/mol. The molecule has 0 bridgehead atoms. The van der Waals surface area contributed by atoms with Crippen LogP contribution in [-0.2, 0) is 4.79 Å². The molecule has 2 aliphatic heterocycles. The molecule has 3 aliphatic rings. The average Bonchev–Trinajstić information content (AvgIpc) is 3.04. The normalized spacial score (nSPS) is 22.0. The second-order valence-electron chi connectivity index (χ2n) is 8.54. The fraction of sp³-hybridized carbons (Fsp3) is 0.333. The third kappa shape index (κ3) is 3.08. The van der Waals surface area contributed by atoms with E-state index in [4.69, 9.17) is 9.73 Å². The number of hydrogen-bond donors (Lipinski definition) is 0. The number of ketones is 1. The van der Waals surface area contributed by atoms with Crippen molar-refractivity contribution in [2.75, 3.05) is 11.5 Å². The van der Waals surface area contributed by atoms with Crippen molar-refractivity contribution in [1.29, 1.82) is 0 Å². The summed E-state index contributed by atoms with van der Waals surface area (Å²) in [5.41, 5.74) is 3.98. The smallest absolute Gasteiger partial charge is 0.174 e. The molecule has 0 aromatic heterocycles. The molecule has 5 rings (SSSR count). The Morgan fingerprint density at radius 2 is 1.90 bits per heavy atom. The van der Waals surface area contributed by atoms with Gasteiger partial charge in [-0.15, -0.1) is 0 Å². The van der Waals surface area contributed by atoms with Gasteiger partial charge in [-0.3, -0.25) is 4.79 Å². The van der Waals surface area contributed by atoms with Crippen molar-refractivity contribution in [3.05, 3.63) is 65.4 Å². The first kappa shape index (κ1) is 18.5. The molecule has 1 unspecified atom stereocenters. The highest BCUT2D eigenvalue weighted by molar-refractivity contribution is 8.14. The molecule has 0 saturated carbocycles. The van der Waals surface area contributed by atoms with Gasteiger partial charge in [-0.05, 0) is 60.4 Å². The van der Waals surface area contributed by atoms with Crippen LogP contribution < -0.4 is 9.64 Å². The number of fused-ring (bicyclic) bond motifs is 3. The number of carbonyl (C=O) groups excluding carboxylic acids is 1. The van der Waals surface area contributed by atoms with Crippen LogP contribution in [0, 0.1) is 5.41 Å². The quantitative estimate of drug-likeness (QED) is 0.653. The lowest BCUT2D eigenvalue weighted by Crippen LogP contribution is -2.40. The average molecular weight is 405 g/mol. The van der Waals surface area contributed by atoms with Crippen LogP contribution in [-0.4, -0.2) is 17.6 Å². The predicted molar refractivity (Wildman–Crippen MR) is 118 cm³/mol. The van der Waals surface area contributed by atoms with Crippen molar-refractivity contribution in [3.8, 4) is 5.75 Å². The Balaban J connectivity index is 1.67. The molecule has 0 radical (unpaired) electrons. The molecule has 2 aromatic rings. The molecule has 2 heterocycles. The van der Waals surface area contributed by atoms with Crippen molar-refractivity contribution in [2.24, 2.45) is 10.4 Å². The van der Waals surface area contributed by atoms with Crippen molar-refractivity contribution in [2.45, 2.75) is 44.6 Å². The number of aliphatic imine (C=N–C) groups is 1. The van der Waals surface area contributed by atoms with E-state index in [1.165, 1.54) is 4.90 Å². The van der Waals surface area contributed by atoms with Gasteiger partial charge in [0.25, 0.3) is 0 Å². The van der Waals surface area contributed by atoms with E-state index < -0.39 is 0 Å². The Hall–Kier alpha value is -2.53. The summed E-state index contributed by atoms with van der Waals surface area (Å²) in [6.45, 7) is 6.93. The van der Waals surface area contributed by atoms with E-state index in [2.05, 4.69) is 49.1 Å². The number of rotatable bonds is 3. The van der Waals surface area contributed by atoms with Crippen LogP contribution in [0.3, 0.4) is 0 Å². The van der Waals surface area contributed by atoms with E-state index in [1.807, 2.05) is 25.1 Å². The molecule has 29 heavy (non-hydrogen) atoms. The van der Waals surface area contributed by atoms with Crippen LogP contribution in [0.15, 0.2) is 69.7 Å². The fourth-order valence-electron chi connectivity index (χ4n) is 4.50. The maximum atomic E-state index is 13.3. The summed E-state index contributed by atoms with van der Waals surface area (Å²) in [7, 11) is 0. The number of Topliss-reactive ketones (excluding diaryl/α,β-unsaturated/α-hetero) is 1. The molecule has 5 heteroatoms. The molecule has 1 atom stereocenters. The number of hydrogen-bond acceptors (Lipinski definition) is 5. The lowest BCUT2D eigenvalue weighted by atomic mass is 9.73. The third-order valence-corrected chi connectivity index (χ3v) is 6.73. The summed E-state index contributed by atoms with van der Waals surface area (Å²) in [5, 5.41) is 0.967. The van der Waals surface area contributed by atoms with Crippen molar-refractivity contribution in [1.82, 2.24) is 0 Å². The predicted octanol–water partition coefficient (Wildman–Crippen LogP) is 5.75. The summed E-state index contributed by atoms with van der Waals surface area (Å²) in [6, 6.07) is 16.4. The first-order valence-corrected chi connectivity index (χ1v) is 10.9. The molecular formula is C24H24N2O2S. The van der Waals surface area contributed by atoms with Crippen molar-refractivity contribution < 1.29 is 9.53 Å². The van der Waals surface area contributed by atoms with Gasteiger partial charge in [-0.25, -0.2) is 4.99 Å². The van der Waals surface area contributed by atoms with Gasteiger partial charge in [0.1, 0.15) is 5.75 Å². The van der Waals surface area contributed by atoms with Crippen LogP contribution in [0.1, 0.15) is 45.2 Å². The Morgan fingerprint density at radius 3 is 2.66 bits per heavy atom. The summed E-state index contributed by atoms with van der Waals surface area (Å²) >= 11 is 1.69. The van der Waals surface area contributed by atoms with Crippen molar-refractivity contribution >= 4 is 28.4 Å². The zero-order chi connectivity index (χ0) is 20.2. The van der Waals surface area contributed by atoms with Gasteiger partial charge in [0.2, 0.25) is 0 Å². The summed E-state index contributed by atoms with van der Waals surface area (Å²) in [5.74, 6) is 1.06. The third-order valence-electron chi connectivity index (χ3n) is 5.70. The molecule has 2 aromatic carbocycles. The number of amidine groups is 1. The Bertz CT molecular complexity index is 1050. The second kappa shape index (κ2) is 6.77. The van der Waals surface area contributed by atoms with Crippen LogP contribution in [0.2, 0.25) is 0 Å². The minimum Gasteiger partial charge on any atom is -0.494 e. The molecule has 148 valence electrons. The van der Waals surface area contributed by atoms with E-state index >= 15 is 0 Å². The topological polar surface area (TPSA) is 41.9 Å². The number of nitrogens with zero attached hydrogens (tertiary/aromatic N) is 2. The SMILES string of the molecule is CCOc1ccc(C2C3=C(CC(C)(C)CC3=O)N=C3Sc4ccccc4N32)cc1. The molecule has 4 nitrogen and oxygen atoms in total. The Labute approximate surface area is 175 Å². The monoisotopic (exact) mass is 404 g/mol. The molecule has 1 aliphatic carbocycles. The minimum atomic E-state index is -0.145. The Kier molecular flexibility index (Phi) is 4.32. The zero-order valence-corrected chi connectivity index (χ0v) is 17.8. The van der Waals surface area contributed by atoms with Crippen LogP contribution in [0.4, 0.5) is 5.69 Å². The molecule has 0 saturated heterocycles. The van der Waals surface area contributed by atoms with E-state index in [0.717, 1.165) is 39.9 Å². The van der Waals surface area contributed by atoms with Crippen LogP contribution >= 0.6 is 11.8 Å². The summed E-state index contributed by atoms with van der Waals surface area (Å²) < 4.78 is 5.63. The number of anilines is 1. The molecule has 0 N–H and O–H groups in total. The summed E-state index contributed by atoms with van der Waals surface area (Å²) in [6.07, 6.45) is 1.39. The van der Waals surface area contributed by atoms with E-state index in [0.29, 0.717) is 13.0 Å². The lowest BCUT2D eigenvalue weighted by Gasteiger charge is -2.40. The van der Waals surface area contributed by atoms with E-state index in [-0.39, 0.29) is 17.2 Å². The minimum absolute atomic E-state index is 0.0539. The molecule has 0 spiro atoms. The highest BCUT2D eigenvalue weighted by Crippen LogP contribution is 2.53. The standard InChI is InChI=1S/C24H24N2O2S/c1-4-28-16-11-9-15(10-12-16)22-21-17(13-24(2,3)14-19(21)27)25-23-26(22)18-7-5-6-8-20(18)29-23/h5-12,22H,4,13-14H2,1-3H3. The number of ether oxygens (including phenoxy) is 1. The van der Waals surface area contributed by atoms with Gasteiger partial charge in [-0.2, -0.15) is 0 Å². The van der Waals surface area contributed by atoms with Gasteiger partial charge >= 0.3 is 0 Å². The molecule has 0 amide bonds. The van der Waals surface area contributed by atoms with Gasteiger partial charge < -0.3 is 9.64 Å². The summed E-state index contributed by atoms with van der Waals surface area (Å²) in [4.78, 5) is 21.7. The van der Waals surface area contributed by atoms with Gasteiger partial charge in [0, 0.05) is 16.9 Å². The van der Waals surface area contributed by atoms with Crippen LogP contribution in [0.5, 0.6) is 5.75 Å². The maximum Gasteiger partial charge on any atom is 0.174 e. The number of benzene rings is 2. The largest absolute Gasteiger partial charge is 0.494 e. The highest BCUT2D eigenvalue weighted by atomic mass is 32.2. The van der Waals surface area contributed by atoms with Gasteiger partial charge in [-0.1, -0.05) is 38.1 Å². The number of thioether (sulfide) groups is 1. The highest BCUT2D eigenvalue weighted by Gasteiger charge is 2.45. The lowest BCUT2D eigenvalue weighted by molar-refractivity contribution is -0.118. The van der Waals surface area contributed by atoms with Gasteiger partial charge in [0.05, 0.1) is 24.0 Å². The van der Waals surface area contributed by atoms with Crippen LogP contribution in [0.25, 0.3) is 0 Å². The Morgan fingerprint density at radius 1 is 1.14 bits per heavy atom. The number of para-hydroxylation sites is 1. The fourth-order valence-corrected chi connectivity index (χ4v) is 5.58. The first-order valence-electron chi connectivity index (χ1n) is 10.1. The first-order chi connectivity index (χ1) is 14.0.